The van der Waals surface area contributed by atoms with Crippen molar-refractivity contribution in [1.29, 1.82) is 0 Å². The van der Waals surface area contributed by atoms with Crippen LogP contribution in [0.2, 0.25) is 0 Å². The lowest BCUT2D eigenvalue weighted by atomic mass is 9.98. The summed E-state index contributed by atoms with van der Waals surface area (Å²) in [6, 6.07) is 11.3. The molecule has 0 bridgehead atoms. The first-order chi connectivity index (χ1) is 22.9. The number of allylic oxidation sites excluding steroid dienone is 11. The smallest absolute Gasteiger partial charge is 0.340 e. The van der Waals surface area contributed by atoms with Crippen LogP contribution in [0, 0.1) is 0 Å². The second kappa shape index (κ2) is 23.8. The van der Waals surface area contributed by atoms with Gasteiger partial charge in [-0.1, -0.05) is 155 Å². The van der Waals surface area contributed by atoms with Crippen molar-refractivity contribution < 1.29 is 24.0 Å². The normalized spacial score (nSPS) is 12.9. The van der Waals surface area contributed by atoms with Crippen molar-refractivity contribution in [3.8, 4) is 5.75 Å². The number of fused-ring (bicyclic) bond motifs is 1. The number of rotatable bonds is 20. The third-order valence-corrected chi connectivity index (χ3v) is 7.63. The van der Waals surface area contributed by atoms with Gasteiger partial charge in [-0.2, -0.15) is 0 Å². The second-order valence-electron chi connectivity index (χ2n) is 11.5. The molecule has 6 heteroatoms. The quantitative estimate of drug-likeness (QED) is 0.0624. The van der Waals surface area contributed by atoms with Crippen LogP contribution < -0.4 is 4.74 Å². The van der Waals surface area contributed by atoms with Gasteiger partial charge in [0.2, 0.25) is 0 Å². The molecule has 1 atom stereocenters. The lowest BCUT2D eigenvalue weighted by Gasteiger charge is -2.20. The summed E-state index contributed by atoms with van der Waals surface area (Å²) >= 11 is 0. The maximum Gasteiger partial charge on any atom is 0.340 e. The largest absolute Gasteiger partial charge is 0.497 e. The van der Waals surface area contributed by atoms with Crippen molar-refractivity contribution in [2.24, 2.45) is 0 Å². The number of imide groups is 1. The standard InChI is InChI=1S/C41H53NO5/c1-5-7-9-10-11-12-13-14-15-16-17-18-19-20-21-22-23-24-25-27-40(44)42(39(43)26-8-6-2)47-41(45)34(3)35-28-29-37-33-38(46-4)31-30-36(37)32-35/h15-25,27-34H,5-14,26H2,1-4H3. The number of carbonyl (C=O) groups excluding carboxylic acids is 3. The number of amides is 2. The van der Waals surface area contributed by atoms with Crippen LogP contribution in [0.4, 0.5) is 0 Å². The molecule has 1 unspecified atom stereocenters. The van der Waals surface area contributed by atoms with Crippen LogP contribution in [0.25, 0.3) is 10.8 Å². The molecule has 252 valence electrons. The van der Waals surface area contributed by atoms with E-state index in [2.05, 4.69) is 19.1 Å². The zero-order valence-electron chi connectivity index (χ0n) is 28.7. The van der Waals surface area contributed by atoms with E-state index in [1.165, 1.54) is 57.1 Å². The average Bonchev–Trinajstić information content (AvgIpc) is 3.09. The monoisotopic (exact) mass is 639 g/mol. The summed E-state index contributed by atoms with van der Waals surface area (Å²) in [7, 11) is 1.61. The number of ether oxygens (including phenoxy) is 1. The first-order valence-electron chi connectivity index (χ1n) is 17.1. The van der Waals surface area contributed by atoms with Crippen molar-refractivity contribution in [2.75, 3.05) is 7.11 Å². The minimum atomic E-state index is -0.712. The van der Waals surface area contributed by atoms with Gasteiger partial charge in [0.05, 0.1) is 13.0 Å². The third kappa shape index (κ3) is 15.6. The number of unbranched alkanes of at least 4 members (excludes halogenated alkanes) is 8. The molecule has 2 amide bonds. The van der Waals surface area contributed by atoms with Gasteiger partial charge in [-0.25, -0.2) is 4.79 Å². The molecule has 0 aliphatic heterocycles. The maximum absolute atomic E-state index is 13.1. The Morgan fingerprint density at radius 3 is 1.94 bits per heavy atom. The number of hydrogen-bond acceptors (Lipinski definition) is 5. The molecule has 0 saturated carbocycles. The molecule has 0 fully saturated rings. The first-order valence-corrected chi connectivity index (χ1v) is 17.1. The fourth-order valence-corrected chi connectivity index (χ4v) is 4.70. The van der Waals surface area contributed by atoms with Gasteiger partial charge in [0.1, 0.15) is 5.75 Å². The first kappa shape index (κ1) is 38.7. The minimum Gasteiger partial charge on any atom is -0.497 e. The van der Waals surface area contributed by atoms with E-state index in [1.807, 2.05) is 79.8 Å². The molecular formula is C41H53NO5. The highest BCUT2D eigenvalue weighted by molar-refractivity contribution is 6.01. The Balaban J connectivity index is 1.86. The number of nitrogens with zero attached hydrogens (tertiary/aromatic N) is 1. The zero-order chi connectivity index (χ0) is 34.1. The number of carbonyl (C=O) groups is 3. The molecule has 2 rings (SSSR count). The number of methoxy groups -OCH3 is 1. The molecule has 2 aromatic rings. The Morgan fingerprint density at radius 1 is 0.702 bits per heavy atom. The molecule has 0 spiro atoms. The van der Waals surface area contributed by atoms with Gasteiger partial charge in [0, 0.05) is 12.5 Å². The highest BCUT2D eigenvalue weighted by Crippen LogP contribution is 2.26. The predicted molar refractivity (Wildman–Crippen MR) is 194 cm³/mol. The number of hydrogen-bond donors (Lipinski definition) is 0. The van der Waals surface area contributed by atoms with Crippen LogP contribution in [0.5, 0.6) is 5.75 Å². The maximum atomic E-state index is 13.1. The zero-order valence-corrected chi connectivity index (χ0v) is 28.7. The van der Waals surface area contributed by atoms with E-state index in [1.54, 1.807) is 26.2 Å². The summed E-state index contributed by atoms with van der Waals surface area (Å²) < 4.78 is 5.28. The van der Waals surface area contributed by atoms with Gasteiger partial charge in [0.15, 0.2) is 0 Å². The van der Waals surface area contributed by atoms with Gasteiger partial charge in [0.25, 0.3) is 11.8 Å². The van der Waals surface area contributed by atoms with E-state index in [0.717, 1.165) is 29.4 Å². The molecule has 0 saturated heterocycles. The Kier molecular flexibility index (Phi) is 19.6. The van der Waals surface area contributed by atoms with E-state index in [9.17, 15) is 14.4 Å². The lowest BCUT2D eigenvalue weighted by Crippen LogP contribution is -2.38. The molecule has 47 heavy (non-hydrogen) atoms. The summed E-state index contributed by atoms with van der Waals surface area (Å²) in [4.78, 5) is 44.2. The Morgan fingerprint density at radius 2 is 1.28 bits per heavy atom. The Labute approximate surface area is 282 Å². The van der Waals surface area contributed by atoms with Crippen LogP contribution in [0.15, 0.2) is 109 Å². The van der Waals surface area contributed by atoms with Gasteiger partial charge >= 0.3 is 5.97 Å². The average molecular weight is 640 g/mol. The fourth-order valence-electron chi connectivity index (χ4n) is 4.70. The molecule has 6 nitrogen and oxygen atoms in total. The van der Waals surface area contributed by atoms with Crippen molar-refractivity contribution in [3.05, 3.63) is 115 Å². The number of hydroxylamine groups is 2. The molecule has 0 aromatic heterocycles. The van der Waals surface area contributed by atoms with Crippen molar-refractivity contribution >= 4 is 28.6 Å². The minimum absolute atomic E-state index is 0.101. The van der Waals surface area contributed by atoms with Crippen molar-refractivity contribution in [2.45, 2.75) is 97.3 Å². The lowest BCUT2D eigenvalue weighted by molar-refractivity contribution is -0.201. The van der Waals surface area contributed by atoms with Crippen molar-refractivity contribution in [3.63, 3.8) is 0 Å². The van der Waals surface area contributed by atoms with E-state index < -0.39 is 23.7 Å². The summed E-state index contributed by atoms with van der Waals surface area (Å²) in [6.45, 7) is 5.88. The van der Waals surface area contributed by atoms with Crippen LogP contribution in [-0.2, 0) is 19.2 Å². The SMILES string of the molecule is CCCCCCCCCC=CC=CC=CC=CC=CC=CC(=O)N(OC(=O)C(C)c1ccc2cc(OC)ccc2c1)C(=O)CCCC. The summed E-state index contributed by atoms with van der Waals surface area (Å²) in [5.41, 5.74) is 0.714. The molecule has 0 aliphatic rings. The van der Waals surface area contributed by atoms with E-state index in [4.69, 9.17) is 9.57 Å². The molecule has 0 N–H and O–H groups in total. The second-order valence-corrected chi connectivity index (χ2v) is 11.5. The fraction of sp³-hybridized carbons (Fsp3) is 0.390. The molecular weight excluding hydrogens is 586 g/mol. The Hall–Kier alpha value is -4.45. The summed E-state index contributed by atoms with van der Waals surface area (Å²) in [5.74, 6) is -1.90. The highest BCUT2D eigenvalue weighted by Gasteiger charge is 2.27. The highest BCUT2D eigenvalue weighted by atomic mass is 16.7. The molecule has 0 aliphatic carbocycles. The summed E-state index contributed by atoms with van der Waals surface area (Å²) in [6.07, 6.45) is 33.9. The van der Waals surface area contributed by atoms with Crippen LogP contribution in [0.1, 0.15) is 103 Å². The Bertz CT molecular complexity index is 1430. The van der Waals surface area contributed by atoms with Gasteiger partial charge < -0.3 is 9.57 Å². The molecule has 2 aromatic carbocycles. The summed E-state index contributed by atoms with van der Waals surface area (Å²) in [5, 5.41) is 2.49. The van der Waals surface area contributed by atoms with Gasteiger partial charge in [-0.05, 0) is 54.7 Å². The molecule has 0 radical (unpaired) electrons. The third-order valence-electron chi connectivity index (χ3n) is 7.63. The van der Waals surface area contributed by atoms with Crippen LogP contribution in [-0.4, -0.2) is 30.0 Å². The van der Waals surface area contributed by atoms with Crippen LogP contribution >= 0.6 is 0 Å². The topological polar surface area (TPSA) is 72.9 Å². The van der Waals surface area contributed by atoms with Gasteiger partial charge in [-0.3, -0.25) is 9.59 Å². The van der Waals surface area contributed by atoms with Gasteiger partial charge in [-0.15, -0.1) is 0 Å². The molecule has 0 heterocycles. The number of benzene rings is 2. The van der Waals surface area contributed by atoms with Crippen LogP contribution in [0.3, 0.4) is 0 Å². The predicted octanol–water partition coefficient (Wildman–Crippen LogP) is 10.4. The van der Waals surface area contributed by atoms with Crippen molar-refractivity contribution in [1.82, 2.24) is 5.06 Å². The van der Waals surface area contributed by atoms with E-state index in [-0.39, 0.29) is 6.42 Å². The van der Waals surface area contributed by atoms with E-state index in [0.29, 0.717) is 17.0 Å². The van der Waals surface area contributed by atoms with E-state index >= 15 is 0 Å².